The molecule has 3 aromatic rings. The van der Waals surface area contributed by atoms with Gasteiger partial charge in [0.15, 0.2) is 23.0 Å². The second kappa shape index (κ2) is 11.1. The first-order valence-corrected chi connectivity index (χ1v) is 13.0. The lowest BCUT2D eigenvalue weighted by molar-refractivity contribution is 0.0976. The molecule has 0 spiro atoms. The fourth-order valence-electron chi connectivity index (χ4n) is 4.58. The van der Waals surface area contributed by atoms with E-state index in [1.165, 1.54) is 0 Å². The average molecular weight is 605 g/mol. The first-order valence-electron chi connectivity index (χ1n) is 11.9. The maximum absolute atomic E-state index is 14.2. The van der Waals surface area contributed by atoms with Crippen molar-refractivity contribution in [2.45, 2.75) is 39.8 Å². The zero-order chi connectivity index (χ0) is 26.0. The number of nitrogens with zero attached hydrogens (tertiary/aromatic N) is 3. The average Bonchev–Trinajstić information content (AvgIpc) is 3.31. The van der Waals surface area contributed by atoms with Gasteiger partial charge in [0.2, 0.25) is 6.79 Å². The van der Waals surface area contributed by atoms with E-state index in [0.717, 1.165) is 20.2 Å². The summed E-state index contributed by atoms with van der Waals surface area (Å²) in [5, 5.41) is 0.825. The second-order valence-electron chi connectivity index (χ2n) is 9.12. The number of carbonyl (C=O) groups excluding carboxylic acids is 1. The molecule has 36 heavy (non-hydrogen) atoms. The molecule has 0 saturated carbocycles. The number of carbonyl (C=O) groups is 1. The molecule has 0 saturated heterocycles. The van der Waals surface area contributed by atoms with Gasteiger partial charge in [-0.15, -0.1) is 0 Å². The fraction of sp³-hybridized carbons (Fsp3) is 0.407. The van der Waals surface area contributed by atoms with Gasteiger partial charge in [-0.3, -0.25) is 14.7 Å². The first kappa shape index (κ1) is 26.3. The van der Waals surface area contributed by atoms with E-state index in [2.05, 4.69) is 60.2 Å². The molecular weight excluding hydrogens is 573 g/mol. The van der Waals surface area contributed by atoms with Crippen molar-refractivity contribution in [3.63, 3.8) is 0 Å². The predicted octanol–water partition coefficient (Wildman–Crippen LogP) is 5.35. The molecule has 1 aliphatic rings. The minimum atomic E-state index is -0.127. The summed E-state index contributed by atoms with van der Waals surface area (Å²) in [5.74, 6) is 2.27. The van der Waals surface area contributed by atoms with E-state index in [4.69, 9.17) is 18.9 Å². The van der Waals surface area contributed by atoms with E-state index in [1.54, 1.807) is 26.5 Å². The molecule has 192 valence electrons. The molecule has 0 bridgehead atoms. The van der Waals surface area contributed by atoms with E-state index in [1.807, 2.05) is 29.2 Å². The number of benzene rings is 2. The van der Waals surface area contributed by atoms with Crippen molar-refractivity contribution in [1.29, 1.82) is 0 Å². The highest BCUT2D eigenvalue weighted by Crippen LogP contribution is 2.39. The standard InChI is InChI=1S/C27H32IN3O5/c1-16(2)30(17(3)4)9-10-31(27(32)18-11-23(33-5)24(34-6)13-20(18)28)22-7-8-29-21-14-26-25(12-19(21)22)35-15-36-26/h7-8,11-14,16-17H,9-10,15H2,1-6H3. The number of rotatable bonds is 9. The van der Waals surface area contributed by atoms with Crippen LogP contribution >= 0.6 is 22.6 Å². The van der Waals surface area contributed by atoms with E-state index in [9.17, 15) is 4.79 Å². The summed E-state index contributed by atoms with van der Waals surface area (Å²) < 4.78 is 22.9. The molecule has 4 rings (SSSR count). The van der Waals surface area contributed by atoms with Crippen molar-refractivity contribution in [1.82, 2.24) is 9.88 Å². The van der Waals surface area contributed by atoms with Gasteiger partial charge in [0, 0.05) is 46.4 Å². The van der Waals surface area contributed by atoms with Gasteiger partial charge < -0.3 is 23.8 Å². The molecule has 0 atom stereocenters. The van der Waals surface area contributed by atoms with Gasteiger partial charge in [-0.1, -0.05) is 0 Å². The quantitative estimate of drug-likeness (QED) is 0.305. The van der Waals surface area contributed by atoms with E-state index in [-0.39, 0.29) is 12.7 Å². The highest BCUT2D eigenvalue weighted by molar-refractivity contribution is 14.1. The van der Waals surface area contributed by atoms with Crippen molar-refractivity contribution in [2.24, 2.45) is 0 Å². The number of anilines is 1. The first-order chi connectivity index (χ1) is 17.2. The Bertz CT molecular complexity index is 1260. The van der Waals surface area contributed by atoms with Gasteiger partial charge in [0.05, 0.1) is 31.0 Å². The Hall–Kier alpha value is -2.79. The Morgan fingerprint density at radius 2 is 1.64 bits per heavy atom. The number of aromatic nitrogens is 1. The maximum atomic E-state index is 14.2. The molecule has 9 heteroatoms. The van der Waals surface area contributed by atoms with Gasteiger partial charge in [-0.25, -0.2) is 0 Å². The summed E-state index contributed by atoms with van der Waals surface area (Å²) in [5.41, 5.74) is 2.04. The van der Waals surface area contributed by atoms with Crippen molar-refractivity contribution in [2.75, 3.05) is 39.0 Å². The number of pyridine rings is 1. The normalized spacial score (nSPS) is 12.6. The lowest BCUT2D eigenvalue weighted by Crippen LogP contribution is -2.44. The molecule has 1 aromatic heterocycles. The van der Waals surface area contributed by atoms with Crippen molar-refractivity contribution < 1.29 is 23.7 Å². The molecule has 0 N–H and O–H groups in total. The van der Waals surface area contributed by atoms with Crippen LogP contribution < -0.4 is 23.8 Å². The zero-order valence-corrected chi connectivity index (χ0v) is 23.7. The maximum Gasteiger partial charge on any atom is 0.259 e. The van der Waals surface area contributed by atoms with E-state index >= 15 is 0 Å². The van der Waals surface area contributed by atoms with Crippen LogP contribution in [0.2, 0.25) is 0 Å². The number of ether oxygens (including phenoxy) is 4. The third-order valence-electron chi connectivity index (χ3n) is 6.36. The number of halogens is 1. The molecule has 2 heterocycles. The molecule has 1 amide bonds. The number of hydrogen-bond donors (Lipinski definition) is 0. The molecule has 0 aliphatic carbocycles. The molecule has 0 radical (unpaired) electrons. The number of fused-ring (bicyclic) bond motifs is 2. The number of methoxy groups -OCH3 is 2. The zero-order valence-electron chi connectivity index (χ0n) is 21.5. The summed E-state index contributed by atoms with van der Waals surface area (Å²) in [7, 11) is 3.15. The monoisotopic (exact) mass is 605 g/mol. The molecule has 1 aliphatic heterocycles. The highest BCUT2D eigenvalue weighted by atomic mass is 127. The second-order valence-corrected chi connectivity index (χ2v) is 10.3. The van der Waals surface area contributed by atoms with Gasteiger partial charge in [0.1, 0.15) is 0 Å². The Morgan fingerprint density at radius 3 is 2.28 bits per heavy atom. The van der Waals surface area contributed by atoms with Crippen molar-refractivity contribution in [3.05, 3.63) is 45.7 Å². The van der Waals surface area contributed by atoms with Crippen LogP contribution in [-0.4, -0.2) is 62.0 Å². The lowest BCUT2D eigenvalue weighted by atomic mass is 10.1. The number of amides is 1. The Balaban J connectivity index is 1.82. The number of hydrogen-bond acceptors (Lipinski definition) is 7. The Kier molecular flexibility index (Phi) is 8.09. The van der Waals surface area contributed by atoms with Gasteiger partial charge in [-0.2, -0.15) is 0 Å². The SMILES string of the molecule is COc1cc(I)c(C(=O)N(CCN(C(C)C)C(C)C)c2ccnc3cc4c(cc23)OCO4)cc1OC. The minimum absolute atomic E-state index is 0.127. The van der Waals surface area contributed by atoms with Gasteiger partial charge in [0.25, 0.3) is 5.91 Å². The third-order valence-corrected chi connectivity index (χ3v) is 7.25. The smallest absolute Gasteiger partial charge is 0.259 e. The molecule has 0 unspecified atom stereocenters. The van der Waals surface area contributed by atoms with Crippen LogP contribution in [0.15, 0.2) is 36.5 Å². The fourth-order valence-corrected chi connectivity index (χ4v) is 5.25. The molecular formula is C27H32IN3O5. The summed E-state index contributed by atoms with van der Waals surface area (Å²) >= 11 is 2.17. The van der Waals surface area contributed by atoms with Crippen LogP contribution in [0.4, 0.5) is 5.69 Å². The van der Waals surface area contributed by atoms with Crippen LogP contribution in [0.25, 0.3) is 10.9 Å². The molecule has 2 aromatic carbocycles. The van der Waals surface area contributed by atoms with Crippen molar-refractivity contribution in [3.8, 4) is 23.0 Å². The lowest BCUT2D eigenvalue weighted by Gasteiger charge is -2.33. The van der Waals surface area contributed by atoms with Crippen LogP contribution in [0.5, 0.6) is 23.0 Å². The summed E-state index contributed by atoms with van der Waals surface area (Å²) in [6.45, 7) is 10.1. The van der Waals surface area contributed by atoms with Gasteiger partial charge >= 0.3 is 0 Å². The summed E-state index contributed by atoms with van der Waals surface area (Å²) in [4.78, 5) is 22.9. The van der Waals surface area contributed by atoms with E-state index in [0.29, 0.717) is 53.7 Å². The van der Waals surface area contributed by atoms with Crippen molar-refractivity contribution >= 4 is 45.1 Å². The molecule has 0 fully saturated rings. The van der Waals surface area contributed by atoms with Crippen LogP contribution in [0.1, 0.15) is 38.1 Å². The van der Waals surface area contributed by atoms with Crippen LogP contribution in [-0.2, 0) is 0 Å². The van der Waals surface area contributed by atoms with Crippen LogP contribution in [0.3, 0.4) is 0 Å². The Morgan fingerprint density at radius 1 is 1.00 bits per heavy atom. The van der Waals surface area contributed by atoms with E-state index < -0.39 is 0 Å². The predicted molar refractivity (Wildman–Crippen MR) is 149 cm³/mol. The molecule has 8 nitrogen and oxygen atoms in total. The third kappa shape index (κ3) is 5.17. The largest absolute Gasteiger partial charge is 0.493 e. The minimum Gasteiger partial charge on any atom is -0.493 e. The summed E-state index contributed by atoms with van der Waals surface area (Å²) in [6, 6.07) is 9.89. The summed E-state index contributed by atoms with van der Waals surface area (Å²) in [6.07, 6.45) is 1.72. The van der Waals surface area contributed by atoms with Gasteiger partial charge in [-0.05, 0) is 74.6 Å². The topological polar surface area (TPSA) is 73.4 Å². The highest BCUT2D eigenvalue weighted by Gasteiger charge is 2.26. The van der Waals surface area contributed by atoms with Crippen LogP contribution in [0, 0.1) is 3.57 Å². The Labute approximate surface area is 225 Å².